The predicted molar refractivity (Wildman–Crippen MR) is 91.0 cm³/mol. The van der Waals surface area contributed by atoms with E-state index >= 15 is 0 Å². The third kappa shape index (κ3) is 4.94. The maximum atomic E-state index is 12.3. The highest BCUT2D eigenvalue weighted by molar-refractivity contribution is 7.90. The minimum atomic E-state index is -4.37. The first-order valence-electron chi connectivity index (χ1n) is 7.65. The van der Waals surface area contributed by atoms with E-state index in [0.717, 1.165) is 6.26 Å². The number of halogens is 3. The number of amides is 1. The molecule has 1 aromatic rings. The van der Waals surface area contributed by atoms with Gasteiger partial charge in [-0.3, -0.25) is 4.79 Å². The molecule has 0 aliphatic carbocycles. The quantitative estimate of drug-likeness (QED) is 0.773. The number of allylic oxidation sites excluding steroid dienone is 1. The van der Waals surface area contributed by atoms with E-state index in [1.807, 2.05) is 0 Å². The number of nitrogens with zero attached hydrogens (tertiary/aromatic N) is 1. The lowest BCUT2D eigenvalue weighted by atomic mass is 9.86. The number of ether oxygens (including phenoxy) is 1. The Bertz CT molecular complexity index is 884. The fraction of sp³-hybridized carbons (Fsp3) is 0.412. The highest BCUT2D eigenvalue weighted by Gasteiger charge is 2.30. The minimum Gasteiger partial charge on any atom is -0.493 e. The van der Waals surface area contributed by atoms with Crippen molar-refractivity contribution in [3.63, 3.8) is 0 Å². The molecule has 0 bridgehead atoms. The summed E-state index contributed by atoms with van der Waals surface area (Å²) in [5.74, 6) is -0.287. The first-order valence-corrected chi connectivity index (χ1v) is 9.54. The molecule has 0 unspecified atom stereocenters. The molecular weight excluding hydrogens is 371 g/mol. The van der Waals surface area contributed by atoms with Crippen LogP contribution in [0.4, 0.5) is 13.2 Å². The lowest BCUT2D eigenvalue weighted by molar-refractivity contribution is -0.139. The minimum absolute atomic E-state index is 0.0142. The number of carbonyl (C=O) groups excluding carboxylic acids is 1. The zero-order chi connectivity index (χ0) is 19.8. The number of sulfone groups is 1. The van der Waals surface area contributed by atoms with Crippen LogP contribution in [0.3, 0.4) is 0 Å². The van der Waals surface area contributed by atoms with Gasteiger partial charge in [-0.05, 0) is 32.0 Å². The Labute approximate surface area is 149 Å². The predicted octanol–water partition coefficient (Wildman–Crippen LogP) is 3.44. The maximum Gasteiger partial charge on any atom is 0.392 e. The van der Waals surface area contributed by atoms with Gasteiger partial charge in [-0.15, -0.1) is 0 Å². The van der Waals surface area contributed by atoms with Crippen molar-refractivity contribution in [3.8, 4) is 5.75 Å². The third-order valence-corrected chi connectivity index (χ3v) is 4.83. The Morgan fingerprint density at radius 3 is 2.42 bits per heavy atom. The second-order valence-electron chi connectivity index (χ2n) is 6.53. The molecule has 1 aromatic carbocycles. The molecule has 0 N–H and O–H groups in total. The SMILES string of the molecule is CC1(C)C=C(c2cc(S(C)(=O)=O)ccc2OCCC(F)(F)F)C=NC1=O. The zero-order valence-corrected chi connectivity index (χ0v) is 15.2. The van der Waals surface area contributed by atoms with Gasteiger partial charge >= 0.3 is 6.18 Å². The fourth-order valence-electron chi connectivity index (χ4n) is 2.30. The summed E-state index contributed by atoms with van der Waals surface area (Å²) in [5, 5.41) is 0. The molecule has 1 amide bonds. The first-order chi connectivity index (χ1) is 11.8. The van der Waals surface area contributed by atoms with Gasteiger partial charge < -0.3 is 4.74 Å². The van der Waals surface area contributed by atoms with Gasteiger partial charge in [0.1, 0.15) is 5.75 Å². The molecule has 0 saturated carbocycles. The van der Waals surface area contributed by atoms with E-state index in [1.165, 1.54) is 24.4 Å². The molecule has 1 aliphatic heterocycles. The van der Waals surface area contributed by atoms with Crippen LogP contribution < -0.4 is 4.74 Å². The summed E-state index contributed by atoms with van der Waals surface area (Å²) < 4.78 is 65.9. The number of aliphatic imine (C=N–C) groups is 1. The summed E-state index contributed by atoms with van der Waals surface area (Å²) in [7, 11) is -3.54. The molecule has 0 spiro atoms. The van der Waals surface area contributed by atoms with Crippen molar-refractivity contribution in [2.75, 3.05) is 12.9 Å². The van der Waals surface area contributed by atoms with Crippen LogP contribution in [0, 0.1) is 5.41 Å². The van der Waals surface area contributed by atoms with Crippen LogP contribution >= 0.6 is 0 Å². The molecule has 0 aromatic heterocycles. The monoisotopic (exact) mass is 389 g/mol. The van der Waals surface area contributed by atoms with Crippen LogP contribution in [-0.2, 0) is 14.6 Å². The maximum absolute atomic E-state index is 12.3. The molecule has 1 aliphatic rings. The number of hydrogen-bond donors (Lipinski definition) is 0. The molecule has 0 atom stereocenters. The van der Waals surface area contributed by atoms with E-state index in [0.29, 0.717) is 5.57 Å². The Balaban J connectivity index is 2.46. The summed E-state index contributed by atoms with van der Waals surface area (Å²) in [5.41, 5.74) is -0.254. The second kappa shape index (κ2) is 6.86. The van der Waals surface area contributed by atoms with E-state index in [-0.39, 0.29) is 22.1 Å². The number of dihydropyridines is 1. The van der Waals surface area contributed by atoms with Crippen molar-refractivity contribution in [1.82, 2.24) is 0 Å². The summed E-state index contributed by atoms with van der Waals surface area (Å²) in [6.07, 6.45) is -1.65. The van der Waals surface area contributed by atoms with Gasteiger partial charge in [-0.25, -0.2) is 13.4 Å². The van der Waals surface area contributed by atoms with E-state index in [4.69, 9.17) is 4.74 Å². The Morgan fingerprint density at radius 1 is 1.23 bits per heavy atom. The fourth-order valence-corrected chi connectivity index (χ4v) is 2.94. The molecule has 2 rings (SSSR count). The number of alkyl halides is 3. The van der Waals surface area contributed by atoms with Crippen molar-refractivity contribution >= 4 is 27.5 Å². The van der Waals surface area contributed by atoms with Crippen LogP contribution in [0.2, 0.25) is 0 Å². The first kappa shape index (κ1) is 20.2. The van der Waals surface area contributed by atoms with Crippen LogP contribution in [0.25, 0.3) is 5.57 Å². The highest BCUT2D eigenvalue weighted by Crippen LogP contribution is 2.34. The van der Waals surface area contributed by atoms with Gasteiger partial charge in [0.25, 0.3) is 5.91 Å². The molecule has 26 heavy (non-hydrogen) atoms. The zero-order valence-electron chi connectivity index (χ0n) is 14.4. The second-order valence-corrected chi connectivity index (χ2v) is 8.54. The highest BCUT2D eigenvalue weighted by atomic mass is 32.2. The van der Waals surface area contributed by atoms with E-state index in [9.17, 15) is 26.4 Å². The standard InChI is InChI=1S/C17H18F3NO4S/c1-16(2)9-11(10-21-15(16)22)13-8-12(26(3,23)24)4-5-14(13)25-7-6-17(18,19)20/h4-5,8-10H,6-7H2,1-3H3. The summed E-state index contributed by atoms with van der Waals surface area (Å²) in [6, 6.07) is 3.88. The van der Waals surface area contributed by atoms with Gasteiger partial charge in [-0.2, -0.15) is 13.2 Å². The Hall–Kier alpha value is -2.16. The molecule has 5 nitrogen and oxygen atoms in total. The van der Waals surface area contributed by atoms with Gasteiger partial charge in [0.15, 0.2) is 9.84 Å². The van der Waals surface area contributed by atoms with Gasteiger partial charge in [0.05, 0.1) is 23.3 Å². The molecule has 1 heterocycles. The molecule has 0 fully saturated rings. The lowest BCUT2D eigenvalue weighted by Gasteiger charge is -2.22. The van der Waals surface area contributed by atoms with E-state index in [2.05, 4.69) is 4.99 Å². The largest absolute Gasteiger partial charge is 0.493 e. The normalized spacial score (nSPS) is 17.2. The Kier molecular flexibility index (Phi) is 5.32. The molecule has 0 saturated heterocycles. The molecular formula is C17H18F3NO4S. The van der Waals surface area contributed by atoms with Gasteiger partial charge in [0, 0.05) is 23.6 Å². The van der Waals surface area contributed by atoms with Crippen LogP contribution in [0.15, 0.2) is 34.2 Å². The van der Waals surface area contributed by atoms with Crippen molar-refractivity contribution in [3.05, 3.63) is 29.8 Å². The summed E-state index contributed by atoms with van der Waals surface area (Å²) in [6.45, 7) is 2.66. The lowest BCUT2D eigenvalue weighted by Crippen LogP contribution is -2.23. The summed E-state index contributed by atoms with van der Waals surface area (Å²) in [4.78, 5) is 15.6. The van der Waals surface area contributed by atoms with Crippen molar-refractivity contribution in [1.29, 1.82) is 0 Å². The van der Waals surface area contributed by atoms with Crippen LogP contribution in [-0.4, -0.2) is 39.6 Å². The van der Waals surface area contributed by atoms with Crippen LogP contribution in [0.5, 0.6) is 5.75 Å². The molecule has 9 heteroatoms. The smallest absolute Gasteiger partial charge is 0.392 e. The summed E-state index contributed by atoms with van der Waals surface area (Å²) >= 11 is 0. The number of carbonyl (C=O) groups is 1. The number of hydrogen-bond acceptors (Lipinski definition) is 4. The van der Waals surface area contributed by atoms with Crippen molar-refractivity contribution in [2.24, 2.45) is 10.4 Å². The Morgan fingerprint density at radius 2 is 1.88 bits per heavy atom. The van der Waals surface area contributed by atoms with Crippen LogP contribution in [0.1, 0.15) is 25.8 Å². The third-order valence-electron chi connectivity index (χ3n) is 3.72. The van der Waals surface area contributed by atoms with Gasteiger partial charge in [0.2, 0.25) is 0 Å². The van der Waals surface area contributed by atoms with Crippen molar-refractivity contribution < 1.29 is 31.1 Å². The molecule has 0 radical (unpaired) electrons. The van der Waals surface area contributed by atoms with E-state index in [1.54, 1.807) is 19.9 Å². The van der Waals surface area contributed by atoms with E-state index < -0.39 is 34.5 Å². The average molecular weight is 389 g/mol. The van der Waals surface area contributed by atoms with Crippen molar-refractivity contribution in [2.45, 2.75) is 31.3 Å². The number of benzene rings is 1. The van der Waals surface area contributed by atoms with Gasteiger partial charge in [-0.1, -0.05) is 6.08 Å². The number of rotatable bonds is 5. The average Bonchev–Trinajstić information content (AvgIpc) is 2.48. The molecule has 142 valence electrons. The topological polar surface area (TPSA) is 72.8 Å².